The smallest absolute Gasteiger partial charge is 0.323 e. The van der Waals surface area contributed by atoms with Gasteiger partial charge in [0.25, 0.3) is 0 Å². The number of hydrogen-bond donors (Lipinski definition) is 2. The Kier molecular flexibility index (Phi) is 4.81. The van der Waals surface area contributed by atoms with E-state index in [1.165, 1.54) is 0 Å². The first-order valence-electron chi connectivity index (χ1n) is 9.12. The van der Waals surface area contributed by atoms with Gasteiger partial charge in [0.05, 0.1) is 12.8 Å². The number of ether oxygens (including phenoxy) is 1. The molecule has 140 valence electrons. The third-order valence-corrected chi connectivity index (χ3v) is 4.87. The topological polar surface area (TPSA) is 67.4 Å². The van der Waals surface area contributed by atoms with Crippen LogP contribution in [0.3, 0.4) is 0 Å². The van der Waals surface area contributed by atoms with Crippen molar-refractivity contribution in [1.29, 1.82) is 0 Å². The highest BCUT2D eigenvalue weighted by molar-refractivity contribution is 6.11. The summed E-state index contributed by atoms with van der Waals surface area (Å²) in [6.45, 7) is 0. The second-order valence-corrected chi connectivity index (χ2v) is 6.61. The van der Waals surface area contributed by atoms with Gasteiger partial charge in [-0.3, -0.25) is 4.79 Å². The van der Waals surface area contributed by atoms with Crippen molar-refractivity contribution in [3.8, 4) is 16.9 Å². The van der Waals surface area contributed by atoms with E-state index in [0.717, 1.165) is 16.7 Å². The molecule has 3 aromatic carbocycles. The van der Waals surface area contributed by atoms with Crippen molar-refractivity contribution < 1.29 is 14.3 Å². The Morgan fingerprint density at radius 2 is 1.64 bits per heavy atom. The fraction of sp³-hybridized carbons (Fsp3) is 0.130. The molecule has 0 aliphatic heterocycles. The van der Waals surface area contributed by atoms with Crippen molar-refractivity contribution in [3.05, 3.63) is 77.9 Å². The quantitative estimate of drug-likeness (QED) is 0.667. The number of fused-ring (bicyclic) bond motifs is 1. The van der Waals surface area contributed by atoms with E-state index in [1.807, 2.05) is 36.4 Å². The van der Waals surface area contributed by atoms with Crippen molar-refractivity contribution in [3.63, 3.8) is 0 Å². The van der Waals surface area contributed by atoms with Crippen LogP contribution in [0.4, 0.5) is 16.2 Å². The Morgan fingerprint density at radius 1 is 0.893 bits per heavy atom. The van der Waals surface area contributed by atoms with E-state index in [4.69, 9.17) is 4.74 Å². The first-order chi connectivity index (χ1) is 13.7. The third-order valence-electron chi connectivity index (χ3n) is 4.87. The van der Waals surface area contributed by atoms with E-state index in [2.05, 4.69) is 10.6 Å². The van der Waals surface area contributed by atoms with Gasteiger partial charge in [-0.1, -0.05) is 36.4 Å². The zero-order valence-corrected chi connectivity index (χ0v) is 15.5. The van der Waals surface area contributed by atoms with Crippen LogP contribution in [-0.2, 0) is 6.42 Å². The van der Waals surface area contributed by atoms with Crippen LogP contribution >= 0.6 is 0 Å². The minimum Gasteiger partial charge on any atom is -0.497 e. The first kappa shape index (κ1) is 17.8. The second kappa shape index (κ2) is 7.56. The maximum absolute atomic E-state index is 12.5. The Balaban J connectivity index is 1.59. The molecule has 0 saturated heterocycles. The van der Waals surface area contributed by atoms with Gasteiger partial charge in [0, 0.05) is 17.7 Å². The maximum atomic E-state index is 12.5. The zero-order valence-electron chi connectivity index (χ0n) is 15.5. The number of nitrogens with one attached hydrogen (secondary N) is 2. The summed E-state index contributed by atoms with van der Waals surface area (Å²) in [6, 6.07) is 20.4. The standard InChI is InChI=1S/C23H20N2O3/c1-28-17-9-7-16(8-10-17)24-23(27)25-20-13-11-18(15-5-3-2-4-6-15)19-12-14-21(26)22(19)20/h2-11,13H,12,14H2,1H3,(H2,24,25,27). The molecule has 1 aliphatic rings. The van der Waals surface area contributed by atoms with Gasteiger partial charge in [0.2, 0.25) is 0 Å². The van der Waals surface area contributed by atoms with E-state index in [0.29, 0.717) is 35.5 Å². The van der Waals surface area contributed by atoms with Gasteiger partial charge in [0.15, 0.2) is 5.78 Å². The number of carbonyl (C=O) groups excluding carboxylic acids is 2. The van der Waals surface area contributed by atoms with Crippen LogP contribution in [-0.4, -0.2) is 18.9 Å². The summed E-state index contributed by atoms with van der Waals surface area (Å²) in [6.07, 6.45) is 1.15. The maximum Gasteiger partial charge on any atom is 0.323 e. The summed E-state index contributed by atoms with van der Waals surface area (Å²) in [5.74, 6) is 0.776. The van der Waals surface area contributed by atoms with Crippen LogP contribution in [0.2, 0.25) is 0 Å². The molecule has 0 heterocycles. The molecule has 3 aromatic rings. The van der Waals surface area contributed by atoms with Crippen LogP contribution < -0.4 is 15.4 Å². The largest absolute Gasteiger partial charge is 0.497 e. The molecule has 2 N–H and O–H groups in total. The molecule has 2 amide bonds. The summed E-state index contributed by atoms with van der Waals surface area (Å²) in [5.41, 5.74) is 4.92. The number of rotatable bonds is 4. The van der Waals surface area contributed by atoms with Crippen molar-refractivity contribution in [2.75, 3.05) is 17.7 Å². The van der Waals surface area contributed by atoms with Crippen molar-refractivity contribution in [2.45, 2.75) is 12.8 Å². The molecular formula is C23H20N2O3. The van der Waals surface area contributed by atoms with E-state index in [1.54, 1.807) is 37.4 Å². The second-order valence-electron chi connectivity index (χ2n) is 6.61. The predicted octanol–water partition coefficient (Wildman–Crippen LogP) is 5.14. The van der Waals surface area contributed by atoms with Crippen LogP contribution in [0.15, 0.2) is 66.7 Å². The zero-order chi connectivity index (χ0) is 19.5. The van der Waals surface area contributed by atoms with Gasteiger partial charge < -0.3 is 15.4 Å². The lowest BCUT2D eigenvalue weighted by molar-refractivity contribution is 0.0995. The molecule has 1 aliphatic carbocycles. The van der Waals surface area contributed by atoms with E-state index in [-0.39, 0.29) is 11.8 Å². The number of benzene rings is 3. The Bertz CT molecular complexity index is 1030. The number of Topliss-reactive ketones (excluding diaryl/α,β-unsaturated/α-hetero) is 1. The molecule has 0 aromatic heterocycles. The average molecular weight is 372 g/mol. The molecule has 0 spiro atoms. The molecular weight excluding hydrogens is 352 g/mol. The molecule has 4 rings (SSSR count). The van der Waals surface area contributed by atoms with Gasteiger partial charge in [-0.25, -0.2) is 4.79 Å². The molecule has 0 fully saturated rings. The van der Waals surface area contributed by atoms with Crippen molar-refractivity contribution in [2.24, 2.45) is 0 Å². The molecule has 5 heteroatoms. The SMILES string of the molecule is COc1ccc(NC(=O)Nc2ccc(-c3ccccc3)c3c2C(=O)CC3)cc1. The van der Waals surface area contributed by atoms with E-state index >= 15 is 0 Å². The lowest BCUT2D eigenvalue weighted by Crippen LogP contribution is -2.20. The number of methoxy groups -OCH3 is 1. The molecule has 0 saturated carbocycles. The van der Waals surface area contributed by atoms with Crippen LogP contribution in [0.5, 0.6) is 5.75 Å². The van der Waals surface area contributed by atoms with Crippen LogP contribution in [0.25, 0.3) is 11.1 Å². The summed E-state index contributed by atoms with van der Waals surface area (Å²) in [7, 11) is 1.59. The first-order valence-corrected chi connectivity index (χ1v) is 9.12. The van der Waals surface area contributed by atoms with Gasteiger partial charge in [-0.15, -0.1) is 0 Å². The average Bonchev–Trinajstić information content (AvgIpc) is 3.12. The van der Waals surface area contributed by atoms with E-state index in [9.17, 15) is 9.59 Å². The summed E-state index contributed by atoms with van der Waals surface area (Å²) in [4.78, 5) is 24.9. The van der Waals surface area contributed by atoms with Crippen LogP contribution in [0, 0.1) is 0 Å². The fourth-order valence-electron chi connectivity index (χ4n) is 3.54. The molecule has 0 atom stereocenters. The van der Waals surface area contributed by atoms with Crippen molar-refractivity contribution >= 4 is 23.2 Å². The number of amides is 2. The fourth-order valence-corrected chi connectivity index (χ4v) is 3.54. The minimum atomic E-state index is -0.389. The number of anilines is 2. The number of ketones is 1. The predicted molar refractivity (Wildman–Crippen MR) is 110 cm³/mol. The molecule has 0 bridgehead atoms. The Hall–Kier alpha value is -3.60. The molecule has 5 nitrogen and oxygen atoms in total. The van der Waals surface area contributed by atoms with Gasteiger partial charge >= 0.3 is 6.03 Å². The Morgan fingerprint density at radius 3 is 2.36 bits per heavy atom. The van der Waals surface area contributed by atoms with Gasteiger partial charge in [-0.2, -0.15) is 0 Å². The lowest BCUT2D eigenvalue weighted by Gasteiger charge is -2.14. The minimum absolute atomic E-state index is 0.0625. The summed E-state index contributed by atoms with van der Waals surface area (Å²) in [5, 5.41) is 5.60. The van der Waals surface area contributed by atoms with Crippen LogP contribution in [0.1, 0.15) is 22.3 Å². The van der Waals surface area contributed by atoms with E-state index < -0.39 is 0 Å². The highest BCUT2D eigenvalue weighted by atomic mass is 16.5. The Labute approximate surface area is 163 Å². The van der Waals surface area contributed by atoms with Gasteiger partial charge in [-0.05, 0) is 53.4 Å². The molecule has 0 radical (unpaired) electrons. The van der Waals surface area contributed by atoms with Gasteiger partial charge in [0.1, 0.15) is 5.75 Å². The highest BCUT2D eigenvalue weighted by Gasteiger charge is 2.26. The third kappa shape index (κ3) is 3.47. The number of urea groups is 1. The number of hydrogen-bond acceptors (Lipinski definition) is 3. The van der Waals surface area contributed by atoms with Crippen molar-refractivity contribution in [1.82, 2.24) is 0 Å². The molecule has 28 heavy (non-hydrogen) atoms. The molecule has 0 unspecified atom stereocenters. The summed E-state index contributed by atoms with van der Waals surface area (Å²) < 4.78 is 5.11. The normalized spacial score (nSPS) is 12.4. The monoisotopic (exact) mass is 372 g/mol. The lowest BCUT2D eigenvalue weighted by atomic mass is 9.95. The number of carbonyl (C=O) groups is 2. The highest BCUT2D eigenvalue weighted by Crippen LogP contribution is 2.37. The summed E-state index contributed by atoms with van der Waals surface area (Å²) >= 11 is 0.